The Kier molecular flexibility index (Phi) is 3.51. The van der Waals surface area contributed by atoms with Crippen LogP contribution in [0, 0.1) is 0 Å². The highest BCUT2D eigenvalue weighted by molar-refractivity contribution is 5.76. The molecule has 0 radical (unpaired) electrons. The zero-order valence-corrected chi connectivity index (χ0v) is 11.3. The first-order chi connectivity index (χ1) is 8.17. The standard InChI is InChI=1S/C15H22N2/c1-5-13(6-2)17-10-16-14-8-7-12(11(3)4)9-15(14)17/h7-11,13H,5-6H2,1-4H3. The lowest BCUT2D eigenvalue weighted by Gasteiger charge is -2.16. The largest absolute Gasteiger partial charge is 0.327 e. The molecule has 0 bridgehead atoms. The van der Waals surface area contributed by atoms with E-state index in [1.165, 1.54) is 11.1 Å². The van der Waals surface area contributed by atoms with Crippen molar-refractivity contribution in [1.29, 1.82) is 0 Å². The van der Waals surface area contributed by atoms with Gasteiger partial charge < -0.3 is 4.57 Å². The molecule has 2 aromatic rings. The Morgan fingerprint density at radius 2 is 1.88 bits per heavy atom. The van der Waals surface area contributed by atoms with E-state index in [4.69, 9.17) is 0 Å². The number of rotatable bonds is 4. The number of imidazole rings is 1. The summed E-state index contributed by atoms with van der Waals surface area (Å²) in [6.45, 7) is 8.95. The van der Waals surface area contributed by atoms with Crippen LogP contribution in [-0.2, 0) is 0 Å². The van der Waals surface area contributed by atoms with E-state index in [1.54, 1.807) is 0 Å². The molecule has 1 heterocycles. The maximum absolute atomic E-state index is 4.50. The Labute approximate surface area is 104 Å². The lowest BCUT2D eigenvalue weighted by molar-refractivity contribution is 0.483. The van der Waals surface area contributed by atoms with Crippen molar-refractivity contribution in [3.8, 4) is 0 Å². The van der Waals surface area contributed by atoms with E-state index in [1.807, 2.05) is 6.33 Å². The molecule has 0 saturated heterocycles. The van der Waals surface area contributed by atoms with E-state index in [9.17, 15) is 0 Å². The molecule has 0 saturated carbocycles. The van der Waals surface area contributed by atoms with Gasteiger partial charge in [-0.15, -0.1) is 0 Å². The molecule has 2 heteroatoms. The van der Waals surface area contributed by atoms with Gasteiger partial charge >= 0.3 is 0 Å². The molecule has 0 fully saturated rings. The van der Waals surface area contributed by atoms with Gasteiger partial charge in [-0.25, -0.2) is 4.98 Å². The van der Waals surface area contributed by atoms with Gasteiger partial charge in [0.25, 0.3) is 0 Å². The number of hydrogen-bond donors (Lipinski definition) is 0. The van der Waals surface area contributed by atoms with E-state index in [-0.39, 0.29) is 0 Å². The van der Waals surface area contributed by atoms with Gasteiger partial charge in [0.05, 0.1) is 17.4 Å². The van der Waals surface area contributed by atoms with Gasteiger partial charge in [0.15, 0.2) is 0 Å². The maximum Gasteiger partial charge on any atom is 0.0960 e. The summed E-state index contributed by atoms with van der Waals surface area (Å²) < 4.78 is 2.33. The van der Waals surface area contributed by atoms with Crippen LogP contribution in [0.25, 0.3) is 11.0 Å². The van der Waals surface area contributed by atoms with E-state index in [0.717, 1.165) is 18.4 Å². The third-order valence-corrected chi connectivity index (χ3v) is 3.60. The molecular weight excluding hydrogens is 208 g/mol. The summed E-state index contributed by atoms with van der Waals surface area (Å²) in [6, 6.07) is 7.20. The molecule has 92 valence electrons. The topological polar surface area (TPSA) is 17.8 Å². The molecule has 0 aliphatic heterocycles. The summed E-state index contributed by atoms with van der Waals surface area (Å²) in [4.78, 5) is 4.50. The van der Waals surface area contributed by atoms with Crippen LogP contribution in [0.3, 0.4) is 0 Å². The molecule has 2 nitrogen and oxygen atoms in total. The zero-order valence-electron chi connectivity index (χ0n) is 11.3. The minimum Gasteiger partial charge on any atom is -0.327 e. The minimum absolute atomic E-state index is 0.572. The normalized spacial score (nSPS) is 11.9. The van der Waals surface area contributed by atoms with E-state index in [0.29, 0.717) is 12.0 Å². The second-order valence-corrected chi connectivity index (χ2v) is 5.03. The van der Waals surface area contributed by atoms with E-state index < -0.39 is 0 Å². The van der Waals surface area contributed by atoms with Crippen molar-refractivity contribution in [3.05, 3.63) is 30.1 Å². The molecule has 17 heavy (non-hydrogen) atoms. The fourth-order valence-corrected chi connectivity index (χ4v) is 2.38. The number of fused-ring (bicyclic) bond motifs is 1. The molecular formula is C15H22N2. The van der Waals surface area contributed by atoms with Gasteiger partial charge in [-0.1, -0.05) is 33.8 Å². The molecule has 0 unspecified atom stereocenters. The van der Waals surface area contributed by atoms with Gasteiger partial charge in [-0.05, 0) is 36.5 Å². The number of aromatic nitrogens is 2. The molecule has 1 aromatic carbocycles. The van der Waals surface area contributed by atoms with Crippen LogP contribution >= 0.6 is 0 Å². The van der Waals surface area contributed by atoms with Gasteiger partial charge in [-0.2, -0.15) is 0 Å². The molecule has 0 spiro atoms. The number of nitrogens with zero attached hydrogens (tertiary/aromatic N) is 2. The fraction of sp³-hybridized carbons (Fsp3) is 0.533. The Balaban J connectivity index is 2.53. The average Bonchev–Trinajstić information content (AvgIpc) is 2.74. The monoisotopic (exact) mass is 230 g/mol. The van der Waals surface area contributed by atoms with Crippen LogP contribution in [0.1, 0.15) is 58.1 Å². The fourth-order valence-electron chi connectivity index (χ4n) is 2.38. The minimum atomic E-state index is 0.572. The number of benzene rings is 1. The van der Waals surface area contributed by atoms with Crippen molar-refractivity contribution < 1.29 is 0 Å². The summed E-state index contributed by atoms with van der Waals surface area (Å²) in [7, 11) is 0. The molecule has 1 aromatic heterocycles. The predicted molar refractivity (Wildman–Crippen MR) is 73.4 cm³/mol. The van der Waals surface area contributed by atoms with Crippen LogP contribution in [-0.4, -0.2) is 9.55 Å². The van der Waals surface area contributed by atoms with Crippen LogP contribution in [0.5, 0.6) is 0 Å². The summed E-state index contributed by atoms with van der Waals surface area (Å²) in [5, 5.41) is 0. The zero-order chi connectivity index (χ0) is 12.4. The Morgan fingerprint density at radius 3 is 2.47 bits per heavy atom. The van der Waals surface area contributed by atoms with Crippen LogP contribution in [0.4, 0.5) is 0 Å². The van der Waals surface area contributed by atoms with Gasteiger partial charge in [0.2, 0.25) is 0 Å². The van der Waals surface area contributed by atoms with Crippen molar-refractivity contribution in [2.45, 2.75) is 52.5 Å². The van der Waals surface area contributed by atoms with Gasteiger partial charge in [0, 0.05) is 6.04 Å². The Hall–Kier alpha value is -1.31. The Morgan fingerprint density at radius 1 is 1.18 bits per heavy atom. The van der Waals surface area contributed by atoms with Crippen LogP contribution in [0.15, 0.2) is 24.5 Å². The van der Waals surface area contributed by atoms with Crippen molar-refractivity contribution in [1.82, 2.24) is 9.55 Å². The van der Waals surface area contributed by atoms with Crippen LogP contribution in [0.2, 0.25) is 0 Å². The predicted octanol–water partition coefficient (Wildman–Crippen LogP) is 4.52. The van der Waals surface area contributed by atoms with E-state index in [2.05, 4.69) is 55.4 Å². The third kappa shape index (κ3) is 2.21. The SMILES string of the molecule is CCC(CC)n1cnc2ccc(C(C)C)cc21. The summed E-state index contributed by atoms with van der Waals surface area (Å²) in [6.07, 6.45) is 4.31. The van der Waals surface area contributed by atoms with E-state index >= 15 is 0 Å². The third-order valence-electron chi connectivity index (χ3n) is 3.60. The second-order valence-electron chi connectivity index (χ2n) is 5.03. The van der Waals surface area contributed by atoms with Crippen molar-refractivity contribution in [2.75, 3.05) is 0 Å². The smallest absolute Gasteiger partial charge is 0.0960 e. The first kappa shape index (κ1) is 12.2. The van der Waals surface area contributed by atoms with Gasteiger partial charge in [-0.3, -0.25) is 0 Å². The second kappa shape index (κ2) is 4.91. The molecule has 2 rings (SSSR count). The van der Waals surface area contributed by atoms with Gasteiger partial charge in [0.1, 0.15) is 0 Å². The van der Waals surface area contributed by atoms with Crippen LogP contribution < -0.4 is 0 Å². The molecule has 0 amide bonds. The summed E-state index contributed by atoms with van der Waals surface area (Å²) >= 11 is 0. The van der Waals surface area contributed by atoms with Crippen molar-refractivity contribution >= 4 is 11.0 Å². The molecule has 0 aliphatic carbocycles. The highest BCUT2D eigenvalue weighted by Gasteiger charge is 2.11. The number of hydrogen-bond acceptors (Lipinski definition) is 1. The molecule has 0 N–H and O–H groups in total. The average molecular weight is 230 g/mol. The molecule has 0 aliphatic rings. The quantitative estimate of drug-likeness (QED) is 0.755. The summed E-state index contributed by atoms with van der Waals surface area (Å²) in [5.74, 6) is 0.574. The molecule has 0 atom stereocenters. The lowest BCUT2D eigenvalue weighted by Crippen LogP contribution is -2.05. The highest BCUT2D eigenvalue weighted by atomic mass is 15.1. The summed E-state index contributed by atoms with van der Waals surface area (Å²) in [5.41, 5.74) is 3.79. The van der Waals surface area contributed by atoms with Crippen molar-refractivity contribution in [2.24, 2.45) is 0 Å². The lowest BCUT2D eigenvalue weighted by atomic mass is 10.0. The van der Waals surface area contributed by atoms with Crippen molar-refractivity contribution in [3.63, 3.8) is 0 Å². The first-order valence-electron chi connectivity index (χ1n) is 6.63. The maximum atomic E-state index is 4.50. The first-order valence-corrected chi connectivity index (χ1v) is 6.63. The highest BCUT2D eigenvalue weighted by Crippen LogP contribution is 2.25. The Bertz CT molecular complexity index is 493.